The molecule has 2 aromatic carbocycles. The number of carbonyl (C=O) groups excluding carboxylic acids is 2. The molecule has 0 saturated heterocycles. The summed E-state index contributed by atoms with van der Waals surface area (Å²) in [7, 11) is 0. The van der Waals surface area contributed by atoms with Crippen molar-refractivity contribution < 1.29 is 9.59 Å². The molecule has 0 aromatic heterocycles. The summed E-state index contributed by atoms with van der Waals surface area (Å²) in [4.78, 5) is 24.1. The smallest absolute Gasteiger partial charge is 0.255 e. The Hall–Kier alpha value is -3.13. The van der Waals surface area contributed by atoms with Gasteiger partial charge in [0.05, 0.1) is 17.4 Å². The van der Waals surface area contributed by atoms with E-state index in [0.29, 0.717) is 16.9 Å². The van der Waals surface area contributed by atoms with Gasteiger partial charge in [-0.1, -0.05) is 45.0 Å². The highest BCUT2D eigenvalue weighted by atomic mass is 16.2. The summed E-state index contributed by atoms with van der Waals surface area (Å²) >= 11 is 0. The maximum absolute atomic E-state index is 12.5. The van der Waals surface area contributed by atoms with E-state index in [9.17, 15) is 9.59 Å². The third-order valence-corrected chi connectivity index (χ3v) is 3.70. The molecule has 0 heterocycles. The van der Waals surface area contributed by atoms with Gasteiger partial charge in [0, 0.05) is 5.56 Å². The Morgan fingerprint density at radius 1 is 0.960 bits per heavy atom. The first-order valence-electron chi connectivity index (χ1n) is 7.99. The minimum atomic E-state index is -0.418. The van der Waals surface area contributed by atoms with Crippen LogP contribution in [0.1, 0.15) is 43.1 Å². The van der Waals surface area contributed by atoms with Gasteiger partial charge in [-0.15, -0.1) is 0 Å². The average Bonchev–Trinajstić information content (AvgIpc) is 2.56. The van der Waals surface area contributed by atoms with Gasteiger partial charge < -0.3 is 10.6 Å². The standard InChI is InChI=1S/C20H21N3O2/c1-20(2,3)15-10-8-14(9-11-15)19(25)23-17-7-5-4-6-16(17)22-18(24)12-13-21/h4-11H,12H2,1-3H3,(H,22,24)(H,23,25). The zero-order chi connectivity index (χ0) is 18.4. The molecule has 0 saturated carbocycles. The molecule has 2 N–H and O–H groups in total. The number of carbonyl (C=O) groups is 2. The normalized spacial score (nSPS) is 10.6. The highest BCUT2D eigenvalue weighted by Gasteiger charge is 2.15. The molecule has 128 valence electrons. The molecule has 0 spiro atoms. The van der Waals surface area contributed by atoms with Crippen LogP contribution >= 0.6 is 0 Å². The van der Waals surface area contributed by atoms with Crippen LogP contribution in [0.25, 0.3) is 0 Å². The summed E-state index contributed by atoms with van der Waals surface area (Å²) in [6.45, 7) is 6.34. The Kier molecular flexibility index (Phi) is 5.56. The molecule has 0 fully saturated rings. The number of anilines is 2. The van der Waals surface area contributed by atoms with E-state index in [1.54, 1.807) is 42.5 Å². The highest BCUT2D eigenvalue weighted by molar-refractivity contribution is 6.07. The van der Waals surface area contributed by atoms with Crippen LogP contribution in [0, 0.1) is 11.3 Å². The highest BCUT2D eigenvalue weighted by Crippen LogP contribution is 2.24. The molecule has 0 bridgehead atoms. The van der Waals surface area contributed by atoms with Crippen molar-refractivity contribution in [3.8, 4) is 6.07 Å². The molecule has 0 radical (unpaired) electrons. The summed E-state index contributed by atoms with van der Waals surface area (Å²) in [6, 6.07) is 16.1. The van der Waals surface area contributed by atoms with Crippen molar-refractivity contribution in [2.45, 2.75) is 32.6 Å². The summed E-state index contributed by atoms with van der Waals surface area (Å²) < 4.78 is 0. The topological polar surface area (TPSA) is 82.0 Å². The SMILES string of the molecule is CC(C)(C)c1ccc(C(=O)Nc2ccccc2NC(=O)CC#N)cc1. The van der Waals surface area contributed by atoms with Crippen molar-refractivity contribution in [1.29, 1.82) is 5.26 Å². The third-order valence-electron chi connectivity index (χ3n) is 3.70. The first kappa shape index (κ1) is 18.2. The van der Waals surface area contributed by atoms with Crippen molar-refractivity contribution in [3.05, 3.63) is 59.7 Å². The first-order chi connectivity index (χ1) is 11.8. The molecule has 2 aromatic rings. The fourth-order valence-corrected chi connectivity index (χ4v) is 2.28. The maximum Gasteiger partial charge on any atom is 0.255 e. The molecule has 2 rings (SSSR count). The van der Waals surface area contributed by atoms with E-state index in [-0.39, 0.29) is 17.7 Å². The van der Waals surface area contributed by atoms with Gasteiger partial charge in [0.15, 0.2) is 0 Å². The number of hydrogen-bond acceptors (Lipinski definition) is 3. The Morgan fingerprint density at radius 2 is 1.52 bits per heavy atom. The molecule has 0 aliphatic heterocycles. The van der Waals surface area contributed by atoms with Gasteiger partial charge in [0.2, 0.25) is 5.91 Å². The van der Waals surface area contributed by atoms with E-state index in [1.165, 1.54) is 0 Å². The number of nitrogens with one attached hydrogen (secondary N) is 2. The van der Waals surface area contributed by atoms with Gasteiger partial charge in [-0.2, -0.15) is 5.26 Å². The average molecular weight is 335 g/mol. The second kappa shape index (κ2) is 7.63. The quantitative estimate of drug-likeness (QED) is 0.883. The van der Waals surface area contributed by atoms with Gasteiger partial charge in [-0.25, -0.2) is 0 Å². The minimum Gasteiger partial charge on any atom is -0.323 e. The monoisotopic (exact) mass is 335 g/mol. The van der Waals surface area contributed by atoms with Crippen LogP contribution in [0.15, 0.2) is 48.5 Å². The van der Waals surface area contributed by atoms with Crippen LogP contribution < -0.4 is 10.6 Å². The van der Waals surface area contributed by atoms with Crippen molar-refractivity contribution in [2.24, 2.45) is 0 Å². The van der Waals surface area contributed by atoms with E-state index in [1.807, 2.05) is 12.1 Å². The number of nitrogens with zero attached hydrogens (tertiary/aromatic N) is 1. The van der Waals surface area contributed by atoms with E-state index in [4.69, 9.17) is 5.26 Å². The van der Waals surface area contributed by atoms with Crippen LogP contribution in [0.3, 0.4) is 0 Å². The van der Waals surface area contributed by atoms with Gasteiger partial charge in [-0.05, 0) is 35.2 Å². The molecular formula is C20H21N3O2. The van der Waals surface area contributed by atoms with Gasteiger partial charge in [0.1, 0.15) is 6.42 Å². The number of para-hydroxylation sites is 2. The van der Waals surface area contributed by atoms with Crippen molar-refractivity contribution in [2.75, 3.05) is 10.6 Å². The van der Waals surface area contributed by atoms with Crippen LogP contribution in [0.2, 0.25) is 0 Å². The number of rotatable bonds is 4. The molecule has 0 aliphatic carbocycles. The number of benzene rings is 2. The van der Waals surface area contributed by atoms with E-state index >= 15 is 0 Å². The van der Waals surface area contributed by atoms with Crippen LogP contribution in [0.5, 0.6) is 0 Å². The number of amides is 2. The van der Waals surface area contributed by atoms with Gasteiger partial charge >= 0.3 is 0 Å². The zero-order valence-corrected chi connectivity index (χ0v) is 14.6. The van der Waals surface area contributed by atoms with Crippen molar-refractivity contribution in [1.82, 2.24) is 0 Å². The molecule has 25 heavy (non-hydrogen) atoms. The molecule has 5 heteroatoms. The number of nitriles is 1. The van der Waals surface area contributed by atoms with Crippen LogP contribution in [-0.2, 0) is 10.2 Å². The maximum atomic E-state index is 12.5. The Labute approximate surface area is 147 Å². The molecule has 0 atom stereocenters. The summed E-state index contributed by atoms with van der Waals surface area (Å²) in [5.41, 5.74) is 2.65. The molecule has 2 amide bonds. The fourth-order valence-electron chi connectivity index (χ4n) is 2.28. The van der Waals surface area contributed by atoms with E-state index in [2.05, 4.69) is 31.4 Å². The van der Waals surface area contributed by atoms with E-state index < -0.39 is 5.91 Å². The third kappa shape index (κ3) is 4.92. The second-order valence-electron chi connectivity index (χ2n) is 6.71. The number of hydrogen-bond donors (Lipinski definition) is 2. The van der Waals surface area contributed by atoms with Crippen molar-refractivity contribution >= 4 is 23.2 Å². The molecule has 5 nitrogen and oxygen atoms in total. The lowest BCUT2D eigenvalue weighted by molar-refractivity contribution is -0.115. The fraction of sp³-hybridized carbons (Fsp3) is 0.250. The van der Waals surface area contributed by atoms with Crippen LogP contribution in [-0.4, -0.2) is 11.8 Å². The summed E-state index contributed by atoms with van der Waals surface area (Å²) in [6.07, 6.45) is -0.240. The lowest BCUT2D eigenvalue weighted by Crippen LogP contribution is -2.17. The minimum absolute atomic E-state index is 0.0205. The second-order valence-corrected chi connectivity index (χ2v) is 6.71. The van der Waals surface area contributed by atoms with E-state index in [0.717, 1.165) is 5.56 Å². The van der Waals surface area contributed by atoms with Crippen molar-refractivity contribution in [3.63, 3.8) is 0 Å². The Balaban J connectivity index is 2.16. The lowest BCUT2D eigenvalue weighted by Gasteiger charge is -2.19. The van der Waals surface area contributed by atoms with Gasteiger partial charge in [-0.3, -0.25) is 9.59 Å². The molecule has 0 aliphatic rings. The Bertz CT molecular complexity index is 812. The zero-order valence-electron chi connectivity index (χ0n) is 14.6. The first-order valence-corrected chi connectivity index (χ1v) is 7.99. The predicted octanol–water partition coefficient (Wildman–Crippen LogP) is 4.09. The largest absolute Gasteiger partial charge is 0.323 e. The van der Waals surface area contributed by atoms with Crippen LogP contribution in [0.4, 0.5) is 11.4 Å². The molecule has 0 unspecified atom stereocenters. The lowest BCUT2D eigenvalue weighted by atomic mass is 9.87. The summed E-state index contributed by atoms with van der Waals surface area (Å²) in [5, 5.41) is 14.0. The summed E-state index contributed by atoms with van der Waals surface area (Å²) in [5.74, 6) is -0.679. The predicted molar refractivity (Wildman–Crippen MR) is 98.4 cm³/mol. The molecular weight excluding hydrogens is 314 g/mol. The van der Waals surface area contributed by atoms with Gasteiger partial charge in [0.25, 0.3) is 5.91 Å². The Morgan fingerprint density at radius 3 is 2.04 bits per heavy atom.